The Bertz CT molecular complexity index is 1220. The summed E-state index contributed by atoms with van der Waals surface area (Å²) in [5.41, 5.74) is 3.31. The first-order chi connectivity index (χ1) is 15.0. The third-order valence-electron chi connectivity index (χ3n) is 5.28. The van der Waals surface area contributed by atoms with Gasteiger partial charge in [-0.1, -0.05) is 48.0 Å². The van der Waals surface area contributed by atoms with E-state index in [9.17, 15) is 14.3 Å². The Hall–Kier alpha value is -2.73. The lowest BCUT2D eigenvalue weighted by atomic mass is 10.0. The number of carbonyl (C=O) groups excluding carboxylic acids is 1. The molecule has 1 heterocycles. The molecule has 1 atom stereocenters. The number of hydrogen-bond donors (Lipinski definition) is 2. The highest BCUT2D eigenvalue weighted by molar-refractivity contribution is 7.19. The number of aliphatic hydroxyl groups is 1. The molecule has 1 aromatic heterocycles. The zero-order valence-corrected chi connectivity index (χ0v) is 18.4. The molecule has 0 saturated heterocycles. The number of halogens is 2. The molecule has 0 spiro atoms. The van der Waals surface area contributed by atoms with Gasteiger partial charge in [0.1, 0.15) is 5.82 Å². The van der Waals surface area contributed by atoms with Crippen molar-refractivity contribution in [3.63, 3.8) is 0 Å². The van der Waals surface area contributed by atoms with Crippen LogP contribution < -0.4 is 5.32 Å². The molecule has 3 aromatic carbocycles. The highest BCUT2D eigenvalue weighted by atomic mass is 35.5. The van der Waals surface area contributed by atoms with Crippen molar-refractivity contribution in [2.45, 2.75) is 19.4 Å². The number of rotatable bonds is 6. The van der Waals surface area contributed by atoms with Crippen LogP contribution in [0.25, 0.3) is 10.1 Å². The first-order valence-corrected chi connectivity index (χ1v) is 11.1. The molecule has 4 rings (SSSR count). The van der Waals surface area contributed by atoms with Crippen LogP contribution in [0.5, 0.6) is 0 Å². The second-order valence-corrected chi connectivity index (χ2v) is 8.94. The number of thiophene rings is 1. The minimum absolute atomic E-state index is 0.219. The van der Waals surface area contributed by atoms with Crippen molar-refractivity contribution in [3.05, 3.63) is 105 Å². The summed E-state index contributed by atoms with van der Waals surface area (Å²) in [6, 6.07) is 18.8. The number of carbonyl (C=O) groups is 1. The van der Waals surface area contributed by atoms with Gasteiger partial charge in [0.05, 0.1) is 12.6 Å². The lowest BCUT2D eigenvalue weighted by molar-refractivity contribution is 0.0916. The quantitative estimate of drug-likeness (QED) is 0.373. The second-order valence-electron chi connectivity index (χ2n) is 7.40. The lowest BCUT2D eigenvalue weighted by Crippen LogP contribution is -2.30. The van der Waals surface area contributed by atoms with Crippen molar-refractivity contribution >= 4 is 38.9 Å². The van der Waals surface area contributed by atoms with Crippen LogP contribution in [0.1, 0.15) is 38.0 Å². The molecule has 0 radical (unpaired) electrons. The third-order valence-corrected chi connectivity index (χ3v) is 6.85. The maximum atomic E-state index is 13.8. The average molecular weight is 454 g/mol. The molecule has 4 aromatic rings. The maximum Gasteiger partial charge on any atom is 0.251 e. The molecule has 1 amide bonds. The molecule has 3 nitrogen and oxygen atoms in total. The fraction of sp³-hybridized carbons (Fsp3) is 0.160. The predicted molar refractivity (Wildman–Crippen MR) is 125 cm³/mol. The molecule has 1 unspecified atom stereocenters. The summed E-state index contributed by atoms with van der Waals surface area (Å²) in [6.07, 6.45) is 0.558. The van der Waals surface area contributed by atoms with E-state index >= 15 is 0 Å². The van der Waals surface area contributed by atoms with Crippen LogP contribution in [-0.2, 0) is 6.42 Å². The highest BCUT2D eigenvalue weighted by Gasteiger charge is 2.20. The van der Waals surface area contributed by atoms with E-state index in [4.69, 9.17) is 11.6 Å². The van der Waals surface area contributed by atoms with Gasteiger partial charge >= 0.3 is 0 Å². The number of hydrogen-bond acceptors (Lipinski definition) is 3. The summed E-state index contributed by atoms with van der Waals surface area (Å²) in [6.45, 7) is 1.82. The topological polar surface area (TPSA) is 49.3 Å². The van der Waals surface area contributed by atoms with Gasteiger partial charge in [-0.25, -0.2) is 4.39 Å². The van der Waals surface area contributed by atoms with Crippen molar-refractivity contribution in [1.29, 1.82) is 0 Å². The van der Waals surface area contributed by atoms with Gasteiger partial charge in [-0.05, 0) is 59.3 Å². The van der Waals surface area contributed by atoms with E-state index in [1.807, 2.05) is 31.2 Å². The highest BCUT2D eigenvalue weighted by Crippen LogP contribution is 2.37. The Morgan fingerprint density at radius 2 is 1.90 bits per heavy atom. The van der Waals surface area contributed by atoms with Gasteiger partial charge in [0, 0.05) is 26.6 Å². The van der Waals surface area contributed by atoms with Crippen LogP contribution in [0.3, 0.4) is 0 Å². The smallest absolute Gasteiger partial charge is 0.251 e. The van der Waals surface area contributed by atoms with Gasteiger partial charge in [-0.2, -0.15) is 0 Å². The van der Waals surface area contributed by atoms with E-state index in [-0.39, 0.29) is 18.3 Å². The summed E-state index contributed by atoms with van der Waals surface area (Å²) in [7, 11) is 0. The maximum absolute atomic E-state index is 13.8. The number of aliphatic hydroxyl groups excluding tert-OH is 1. The Labute approximate surface area is 189 Å². The van der Waals surface area contributed by atoms with Crippen molar-refractivity contribution in [2.24, 2.45) is 0 Å². The van der Waals surface area contributed by atoms with Crippen LogP contribution >= 0.6 is 22.9 Å². The monoisotopic (exact) mass is 453 g/mol. The van der Waals surface area contributed by atoms with Gasteiger partial charge in [-0.3, -0.25) is 4.79 Å². The van der Waals surface area contributed by atoms with Gasteiger partial charge in [0.2, 0.25) is 0 Å². The van der Waals surface area contributed by atoms with Gasteiger partial charge in [-0.15, -0.1) is 11.3 Å². The standard InChI is InChI=1S/C25H21ClFNO2S/c1-15-20-8-5-9-21(22(14-29)28-25(30)17-6-3-2-4-7-17)24(20)31-23(15)12-16-10-18(26)13-19(27)11-16/h2-11,13,22,29H,12,14H2,1H3,(H,28,30). The summed E-state index contributed by atoms with van der Waals surface area (Å²) in [5.74, 6) is -0.592. The predicted octanol–water partition coefficient (Wildman–Crippen LogP) is 6.06. The molecular weight excluding hydrogens is 433 g/mol. The first kappa shape index (κ1) is 21.5. The second kappa shape index (κ2) is 9.18. The minimum atomic E-state index is -0.536. The molecule has 0 saturated carbocycles. The molecule has 0 aliphatic carbocycles. The molecular formula is C25H21ClFNO2S. The van der Waals surface area contributed by atoms with E-state index in [1.54, 1.807) is 41.7 Å². The van der Waals surface area contributed by atoms with Gasteiger partial charge < -0.3 is 10.4 Å². The molecule has 0 fully saturated rings. The molecule has 158 valence electrons. The molecule has 2 N–H and O–H groups in total. The average Bonchev–Trinajstić information content (AvgIpc) is 3.07. The van der Waals surface area contributed by atoms with E-state index in [0.29, 0.717) is 17.0 Å². The number of benzene rings is 3. The number of amides is 1. The largest absolute Gasteiger partial charge is 0.394 e. The zero-order valence-electron chi connectivity index (χ0n) is 16.9. The van der Waals surface area contributed by atoms with E-state index in [1.165, 1.54) is 12.1 Å². The molecule has 0 aliphatic rings. The van der Waals surface area contributed by atoms with Crippen molar-refractivity contribution in [2.75, 3.05) is 6.61 Å². The van der Waals surface area contributed by atoms with E-state index in [2.05, 4.69) is 5.32 Å². The van der Waals surface area contributed by atoms with Crippen LogP contribution in [-0.4, -0.2) is 17.6 Å². The Morgan fingerprint density at radius 1 is 1.13 bits per heavy atom. The Kier molecular flexibility index (Phi) is 6.37. The summed E-state index contributed by atoms with van der Waals surface area (Å²) >= 11 is 7.61. The van der Waals surface area contributed by atoms with Crippen LogP contribution in [0.2, 0.25) is 5.02 Å². The van der Waals surface area contributed by atoms with E-state index in [0.717, 1.165) is 31.7 Å². The number of fused-ring (bicyclic) bond motifs is 1. The lowest BCUT2D eigenvalue weighted by Gasteiger charge is -2.17. The van der Waals surface area contributed by atoms with Crippen LogP contribution in [0.15, 0.2) is 66.7 Å². The molecule has 6 heteroatoms. The van der Waals surface area contributed by atoms with Crippen LogP contribution in [0.4, 0.5) is 4.39 Å². The normalized spacial score (nSPS) is 12.1. The van der Waals surface area contributed by atoms with Crippen LogP contribution in [0, 0.1) is 12.7 Å². The van der Waals surface area contributed by atoms with E-state index < -0.39 is 6.04 Å². The molecule has 0 bridgehead atoms. The number of nitrogens with one attached hydrogen (secondary N) is 1. The van der Waals surface area contributed by atoms with Crippen molar-refractivity contribution in [1.82, 2.24) is 5.32 Å². The summed E-state index contributed by atoms with van der Waals surface area (Å²) in [4.78, 5) is 13.7. The minimum Gasteiger partial charge on any atom is -0.394 e. The van der Waals surface area contributed by atoms with Gasteiger partial charge in [0.25, 0.3) is 5.91 Å². The van der Waals surface area contributed by atoms with Crippen molar-refractivity contribution < 1.29 is 14.3 Å². The zero-order chi connectivity index (χ0) is 22.0. The SMILES string of the molecule is Cc1c(Cc2cc(F)cc(Cl)c2)sc2c(C(CO)NC(=O)c3ccccc3)cccc12. The molecule has 0 aliphatic heterocycles. The molecule has 31 heavy (non-hydrogen) atoms. The fourth-order valence-electron chi connectivity index (χ4n) is 3.71. The summed E-state index contributed by atoms with van der Waals surface area (Å²) in [5, 5.41) is 14.4. The summed E-state index contributed by atoms with van der Waals surface area (Å²) < 4.78 is 14.8. The Balaban J connectivity index is 1.68. The number of aryl methyl sites for hydroxylation is 1. The Morgan fingerprint density at radius 3 is 2.61 bits per heavy atom. The van der Waals surface area contributed by atoms with Crippen molar-refractivity contribution in [3.8, 4) is 0 Å². The third kappa shape index (κ3) is 4.64. The fourth-order valence-corrected chi connectivity index (χ4v) is 5.36. The first-order valence-electron chi connectivity index (χ1n) is 9.89. The van der Waals surface area contributed by atoms with Gasteiger partial charge in [0.15, 0.2) is 0 Å².